The number of hydrogen-bond acceptors (Lipinski definition) is 3. The fourth-order valence-electron chi connectivity index (χ4n) is 2.74. The molecule has 2 rings (SSSR count). The fourth-order valence-corrected chi connectivity index (χ4v) is 2.74. The number of rotatable bonds is 3. The average molecular weight is 298 g/mol. The van der Waals surface area contributed by atoms with Crippen molar-refractivity contribution in [2.24, 2.45) is 5.92 Å². The smallest absolute Gasteiger partial charge is 0.384 e. The maximum Gasteiger partial charge on any atom is 0.417 e. The molecule has 1 fully saturated rings. The van der Waals surface area contributed by atoms with Gasteiger partial charge in [-0.3, -0.25) is 0 Å². The third kappa shape index (κ3) is 3.67. The van der Waals surface area contributed by atoms with Crippen LogP contribution in [-0.4, -0.2) is 26.8 Å². The summed E-state index contributed by atoms with van der Waals surface area (Å²) >= 11 is 0. The van der Waals surface area contributed by atoms with E-state index < -0.39 is 11.7 Å². The summed E-state index contributed by atoms with van der Waals surface area (Å²) < 4.78 is 43.5. The van der Waals surface area contributed by atoms with Crippen LogP contribution in [0.2, 0.25) is 0 Å². The number of benzene rings is 1. The van der Waals surface area contributed by atoms with E-state index in [1.165, 1.54) is 12.1 Å². The molecule has 0 saturated carbocycles. The second-order valence-electron chi connectivity index (χ2n) is 5.25. The highest BCUT2D eigenvalue weighted by molar-refractivity contribution is 5.55. The Kier molecular flexibility index (Phi) is 4.73. The minimum Gasteiger partial charge on any atom is -0.384 e. The molecule has 1 saturated heterocycles. The first-order chi connectivity index (χ1) is 9.95. The molecule has 3 nitrogen and oxygen atoms in total. The second kappa shape index (κ2) is 6.35. The van der Waals surface area contributed by atoms with Gasteiger partial charge in [0.15, 0.2) is 0 Å². The standard InChI is InChI=1S/C15H17F3N2O/c1-21-10-11-3-2-6-20(9-11)13-4-5-14(15(16,17)18)12(7-13)8-19/h4-5,7,11H,2-3,6,9-10H2,1H3. The topological polar surface area (TPSA) is 36.3 Å². The molecule has 1 aliphatic heterocycles. The Balaban J connectivity index is 2.23. The molecule has 0 aliphatic carbocycles. The molecule has 0 N–H and O–H groups in total. The van der Waals surface area contributed by atoms with Crippen LogP contribution in [0.4, 0.5) is 18.9 Å². The normalized spacial score (nSPS) is 19.4. The summed E-state index contributed by atoms with van der Waals surface area (Å²) in [5.41, 5.74) is -0.534. The van der Waals surface area contributed by atoms with Crippen LogP contribution in [-0.2, 0) is 10.9 Å². The van der Waals surface area contributed by atoms with Crippen molar-refractivity contribution in [1.29, 1.82) is 5.26 Å². The van der Waals surface area contributed by atoms with Gasteiger partial charge >= 0.3 is 6.18 Å². The van der Waals surface area contributed by atoms with Crippen molar-refractivity contribution >= 4 is 5.69 Å². The first-order valence-corrected chi connectivity index (χ1v) is 6.81. The second-order valence-corrected chi connectivity index (χ2v) is 5.25. The number of hydrogen-bond donors (Lipinski definition) is 0. The number of alkyl halides is 3. The largest absolute Gasteiger partial charge is 0.417 e. The molecule has 0 radical (unpaired) electrons. The Morgan fingerprint density at radius 1 is 1.43 bits per heavy atom. The maximum atomic E-state index is 12.8. The SMILES string of the molecule is COCC1CCCN(c2ccc(C(F)(F)F)c(C#N)c2)C1. The lowest BCUT2D eigenvalue weighted by molar-refractivity contribution is -0.137. The number of anilines is 1. The van der Waals surface area contributed by atoms with E-state index in [2.05, 4.69) is 0 Å². The van der Waals surface area contributed by atoms with Crippen LogP contribution >= 0.6 is 0 Å². The Morgan fingerprint density at radius 3 is 2.81 bits per heavy atom. The van der Waals surface area contributed by atoms with Crippen LogP contribution in [0.5, 0.6) is 0 Å². The summed E-state index contributed by atoms with van der Waals surface area (Å²) in [5.74, 6) is 0.372. The van der Waals surface area contributed by atoms with Gasteiger partial charge in [-0.05, 0) is 37.0 Å². The maximum absolute atomic E-state index is 12.8. The summed E-state index contributed by atoms with van der Waals surface area (Å²) in [6.45, 7) is 2.17. The number of ether oxygens (including phenoxy) is 1. The van der Waals surface area contributed by atoms with Gasteiger partial charge in [-0.2, -0.15) is 18.4 Å². The van der Waals surface area contributed by atoms with E-state index in [1.54, 1.807) is 13.2 Å². The first-order valence-electron chi connectivity index (χ1n) is 6.81. The van der Waals surface area contributed by atoms with Crippen LogP contribution < -0.4 is 4.90 Å². The van der Waals surface area contributed by atoms with Crippen molar-refractivity contribution in [2.75, 3.05) is 31.7 Å². The van der Waals surface area contributed by atoms with Crippen LogP contribution in [0, 0.1) is 17.2 Å². The van der Waals surface area contributed by atoms with Crippen LogP contribution in [0.3, 0.4) is 0 Å². The number of methoxy groups -OCH3 is 1. The van der Waals surface area contributed by atoms with Gasteiger partial charge in [0.25, 0.3) is 0 Å². The molecular weight excluding hydrogens is 281 g/mol. The summed E-state index contributed by atoms with van der Waals surface area (Å²) in [5, 5.41) is 8.95. The van der Waals surface area contributed by atoms with Gasteiger partial charge < -0.3 is 9.64 Å². The highest BCUT2D eigenvalue weighted by Gasteiger charge is 2.34. The number of nitrogens with zero attached hydrogens (tertiary/aromatic N) is 2. The summed E-state index contributed by atoms with van der Waals surface area (Å²) in [6, 6.07) is 5.42. The van der Waals surface area contributed by atoms with Gasteiger partial charge in [0.2, 0.25) is 0 Å². The van der Waals surface area contributed by atoms with E-state index in [-0.39, 0.29) is 5.56 Å². The fraction of sp³-hybridized carbons (Fsp3) is 0.533. The molecule has 0 spiro atoms. The Hall–Kier alpha value is -1.74. The van der Waals surface area contributed by atoms with E-state index >= 15 is 0 Å². The summed E-state index contributed by atoms with van der Waals surface area (Å²) in [6.07, 6.45) is -2.48. The first kappa shape index (κ1) is 15.6. The monoisotopic (exact) mass is 298 g/mol. The third-order valence-electron chi connectivity index (χ3n) is 3.72. The van der Waals surface area contributed by atoms with E-state index in [4.69, 9.17) is 10.00 Å². The lowest BCUT2D eigenvalue weighted by Gasteiger charge is -2.34. The number of piperidine rings is 1. The molecular formula is C15H17F3N2O. The van der Waals surface area contributed by atoms with Crippen LogP contribution in [0.25, 0.3) is 0 Å². The van der Waals surface area contributed by atoms with E-state index in [1.807, 2.05) is 4.90 Å². The van der Waals surface area contributed by atoms with Crippen molar-refractivity contribution in [2.45, 2.75) is 19.0 Å². The quantitative estimate of drug-likeness (QED) is 0.857. The lowest BCUT2D eigenvalue weighted by Crippen LogP contribution is -2.37. The van der Waals surface area contributed by atoms with E-state index in [9.17, 15) is 13.2 Å². The van der Waals surface area contributed by atoms with Crippen molar-refractivity contribution in [3.05, 3.63) is 29.3 Å². The molecule has 1 unspecified atom stereocenters. The molecule has 0 bridgehead atoms. The van der Waals surface area contributed by atoms with Crippen molar-refractivity contribution in [3.8, 4) is 6.07 Å². The average Bonchev–Trinajstić information content (AvgIpc) is 2.46. The van der Waals surface area contributed by atoms with Crippen molar-refractivity contribution in [3.63, 3.8) is 0 Å². The molecule has 0 aromatic heterocycles. The highest BCUT2D eigenvalue weighted by Crippen LogP contribution is 2.34. The highest BCUT2D eigenvalue weighted by atomic mass is 19.4. The molecule has 0 amide bonds. The molecule has 1 atom stereocenters. The minimum atomic E-state index is -4.50. The zero-order chi connectivity index (χ0) is 15.5. The summed E-state index contributed by atoms with van der Waals surface area (Å²) in [7, 11) is 1.64. The summed E-state index contributed by atoms with van der Waals surface area (Å²) in [4.78, 5) is 2.02. The number of halogens is 3. The van der Waals surface area contributed by atoms with Gasteiger partial charge in [-0.1, -0.05) is 0 Å². The van der Waals surface area contributed by atoms with Gasteiger partial charge in [0.1, 0.15) is 0 Å². The zero-order valence-electron chi connectivity index (χ0n) is 11.8. The zero-order valence-corrected chi connectivity index (χ0v) is 11.8. The van der Waals surface area contributed by atoms with Gasteiger partial charge in [-0.15, -0.1) is 0 Å². The lowest BCUT2D eigenvalue weighted by atomic mass is 9.97. The number of nitriles is 1. The molecule has 1 aliphatic rings. The van der Waals surface area contributed by atoms with Gasteiger partial charge in [-0.25, -0.2) is 0 Å². The van der Waals surface area contributed by atoms with Gasteiger partial charge in [0.05, 0.1) is 23.8 Å². The molecule has 21 heavy (non-hydrogen) atoms. The third-order valence-corrected chi connectivity index (χ3v) is 3.72. The van der Waals surface area contributed by atoms with Gasteiger partial charge in [0, 0.05) is 25.9 Å². The predicted octanol–water partition coefficient (Wildman–Crippen LogP) is 3.44. The molecule has 1 heterocycles. The van der Waals surface area contributed by atoms with Crippen molar-refractivity contribution in [1.82, 2.24) is 0 Å². The van der Waals surface area contributed by atoms with Crippen LogP contribution in [0.15, 0.2) is 18.2 Å². The van der Waals surface area contributed by atoms with E-state index in [0.717, 1.165) is 32.0 Å². The van der Waals surface area contributed by atoms with Crippen LogP contribution in [0.1, 0.15) is 24.0 Å². The Bertz CT molecular complexity index is 535. The predicted molar refractivity (Wildman–Crippen MR) is 73.0 cm³/mol. The molecule has 6 heteroatoms. The van der Waals surface area contributed by atoms with E-state index in [0.29, 0.717) is 18.2 Å². The minimum absolute atomic E-state index is 0.325. The Morgan fingerprint density at radius 2 is 2.19 bits per heavy atom. The molecule has 114 valence electrons. The molecule has 1 aromatic rings. The van der Waals surface area contributed by atoms with Crippen molar-refractivity contribution < 1.29 is 17.9 Å². The Labute approximate surface area is 121 Å². The molecule has 1 aromatic carbocycles.